The number of rotatable bonds is 5. The number of ether oxygens (including phenoxy) is 1. The van der Waals surface area contributed by atoms with Crippen LogP contribution in [-0.4, -0.2) is 34.8 Å². The Bertz CT molecular complexity index is 1170. The number of amides is 2. The van der Waals surface area contributed by atoms with Crippen LogP contribution in [0.5, 0.6) is 0 Å². The molecule has 2 bridgehead atoms. The first-order chi connectivity index (χ1) is 18.2. The molecule has 4 aliphatic carbocycles. The predicted molar refractivity (Wildman–Crippen MR) is 145 cm³/mol. The lowest BCUT2D eigenvalue weighted by molar-refractivity contribution is -0.169. The summed E-state index contributed by atoms with van der Waals surface area (Å²) in [4.78, 5) is 43.6. The second-order valence-electron chi connectivity index (χ2n) is 12.8. The molecule has 0 radical (unpaired) electrons. The van der Waals surface area contributed by atoms with Crippen LogP contribution in [0.4, 0.5) is 0 Å². The van der Waals surface area contributed by atoms with Crippen LogP contribution in [0.25, 0.3) is 0 Å². The highest BCUT2D eigenvalue weighted by atomic mass is 16.5. The number of likely N-dealkylation sites (tertiary alicyclic amines) is 1. The Balaban J connectivity index is 1.36. The van der Waals surface area contributed by atoms with E-state index in [0.717, 1.165) is 41.5 Å². The number of benzene rings is 2. The van der Waals surface area contributed by atoms with Gasteiger partial charge in [0.05, 0.1) is 11.8 Å². The minimum absolute atomic E-state index is 0.174. The van der Waals surface area contributed by atoms with E-state index in [1.165, 1.54) is 4.90 Å². The van der Waals surface area contributed by atoms with E-state index < -0.39 is 23.8 Å². The van der Waals surface area contributed by atoms with Crippen molar-refractivity contribution in [2.45, 2.75) is 77.9 Å². The molecular formula is C33H39NO4. The molecule has 0 spiro atoms. The average Bonchev–Trinajstić information content (AvgIpc) is 3.14. The summed E-state index contributed by atoms with van der Waals surface area (Å²) >= 11 is 0. The van der Waals surface area contributed by atoms with Gasteiger partial charge in [0.2, 0.25) is 11.8 Å². The molecule has 5 nitrogen and oxygen atoms in total. The molecule has 2 fully saturated rings. The lowest BCUT2D eigenvalue weighted by Crippen LogP contribution is -2.51. The van der Waals surface area contributed by atoms with Crippen molar-refractivity contribution in [1.29, 1.82) is 0 Å². The van der Waals surface area contributed by atoms with Crippen molar-refractivity contribution in [3.05, 3.63) is 70.8 Å². The maximum atomic E-state index is 14.2. The van der Waals surface area contributed by atoms with E-state index in [-0.39, 0.29) is 35.7 Å². The molecule has 38 heavy (non-hydrogen) atoms. The Morgan fingerprint density at radius 3 is 1.71 bits per heavy atom. The molecule has 0 N–H and O–H groups in total. The van der Waals surface area contributed by atoms with E-state index in [1.54, 1.807) is 0 Å². The predicted octanol–water partition coefficient (Wildman–Crippen LogP) is 5.91. The van der Waals surface area contributed by atoms with Crippen LogP contribution >= 0.6 is 0 Å². The van der Waals surface area contributed by atoms with Crippen molar-refractivity contribution in [2.24, 2.45) is 35.5 Å². The zero-order valence-electron chi connectivity index (χ0n) is 23.1. The van der Waals surface area contributed by atoms with Crippen molar-refractivity contribution >= 4 is 17.8 Å². The van der Waals surface area contributed by atoms with Gasteiger partial charge < -0.3 is 4.74 Å². The molecular weight excluding hydrogens is 474 g/mol. The zero-order valence-corrected chi connectivity index (χ0v) is 23.1. The summed E-state index contributed by atoms with van der Waals surface area (Å²) in [6.45, 7) is 10.4. The van der Waals surface area contributed by atoms with Crippen LogP contribution in [0.3, 0.4) is 0 Å². The number of imide groups is 1. The molecule has 200 valence electrons. The lowest BCUT2D eigenvalue weighted by Gasteiger charge is -2.45. The van der Waals surface area contributed by atoms with Crippen molar-refractivity contribution in [3.63, 3.8) is 0 Å². The molecule has 6 atom stereocenters. The number of hydrogen-bond acceptors (Lipinski definition) is 4. The second-order valence-corrected chi connectivity index (χ2v) is 12.8. The fraction of sp³-hybridized carbons (Fsp3) is 0.545. The van der Waals surface area contributed by atoms with E-state index >= 15 is 0 Å². The normalized spacial score (nSPS) is 32.3. The van der Waals surface area contributed by atoms with Crippen LogP contribution in [-0.2, 0) is 19.1 Å². The molecule has 2 amide bonds. The first kappa shape index (κ1) is 25.3. The van der Waals surface area contributed by atoms with Gasteiger partial charge in [-0.1, -0.05) is 89.6 Å². The smallest absolute Gasteiger partial charge is 0.329 e. The number of esters is 1. The van der Waals surface area contributed by atoms with Gasteiger partial charge in [-0.3, -0.25) is 14.5 Å². The molecule has 5 aliphatic rings. The topological polar surface area (TPSA) is 63.7 Å². The van der Waals surface area contributed by atoms with Crippen molar-refractivity contribution in [2.75, 3.05) is 0 Å². The van der Waals surface area contributed by atoms with E-state index in [9.17, 15) is 14.4 Å². The summed E-state index contributed by atoms with van der Waals surface area (Å²) in [5, 5.41) is 0. The standard InChI is InChI=1S/C33H39NO4/c1-17(2)20-15-14-19(5)16-25(20)38-33(37)30(18(3)4)34-31(35)28-26-21-10-6-7-11-22(21)27(29(28)32(34)36)24-13-9-8-12-23(24)26/h6-13,17-20,25-30H,14-16H2,1-5H3. The van der Waals surface area contributed by atoms with Gasteiger partial charge in [0.15, 0.2) is 0 Å². The van der Waals surface area contributed by atoms with Crippen LogP contribution in [0.2, 0.25) is 0 Å². The summed E-state index contributed by atoms with van der Waals surface area (Å²) in [5.41, 5.74) is 4.56. The van der Waals surface area contributed by atoms with Crippen LogP contribution in [0.1, 0.15) is 88.0 Å². The van der Waals surface area contributed by atoms with E-state index in [1.807, 2.05) is 38.1 Å². The second kappa shape index (κ2) is 9.36. The van der Waals surface area contributed by atoms with Gasteiger partial charge in [0, 0.05) is 11.8 Å². The van der Waals surface area contributed by atoms with Crippen LogP contribution in [0.15, 0.2) is 48.5 Å². The zero-order chi connectivity index (χ0) is 26.9. The molecule has 1 aliphatic heterocycles. The monoisotopic (exact) mass is 513 g/mol. The number of hydrogen-bond donors (Lipinski definition) is 0. The van der Waals surface area contributed by atoms with Crippen molar-refractivity contribution in [3.8, 4) is 0 Å². The Labute approximate surface area is 225 Å². The maximum Gasteiger partial charge on any atom is 0.329 e. The van der Waals surface area contributed by atoms with E-state index in [4.69, 9.17) is 4.74 Å². The summed E-state index contributed by atoms with van der Waals surface area (Å²) < 4.78 is 6.23. The summed E-state index contributed by atoms with van der Waals surface area (Å²) in [7, 11) is 0. The largest absolute Gasteiger partial charge is 0.461 e. The van der Waals surface area contributed by atoms with Gasteiger partial charge in [-0.15, -0.1) is 0 Å². The molecule has 1 saturated carbocycles. The molecule has 1 saturated heterocycles. The molecule has 7 rings (SSSR count). The molecule has 6 unspecified atom stereocenters. The molecule has 0 aromatic heterocycles. The number of carbonyl (C=O) groups excluding carboxylic acids is 3. The Morgan fingerprint density at radius 2 is 1.29 bits per heavy atom. The minimum atomic E-state index is -0.906. The Kier molecular flexibility index (Phi) is 6.24. The molecule has 5 heteroatoms. The third-order valence-electron chi connectivity index (χ3n) is 9.86. The first-order valence-corrected chi connectivity index (χ1v) is 14.5. The van der Waals surface area contributed by atoms with E-state index in [0.29, 0.717) is 17.8 Å². The van der Waals surface area contributed by atoms with Gasteiger partial charge in [-0.05, 0) is 58.8 Å². The fourth-order valence-electron chi connectivity index (χ4n) is 8.12. The number of nitrogens with zero attached hydrogens (tertiary/aromatic N) is 1. The Hall–Kier alpha value is -2.95. The van der Waals surface area contributed by atoms with Gasteiger partial charge in [0.1, 0.15) is 12.1 Å². The number of carbonyl (C=O) groups is 3. The highest BCUT2D eigenvalue weighted by molar-refractivity contribution is 6.10. The maximum absolute atomic E-state index is 14.2. The van der Waals surface area contributed by atoms with Crippen molar-refractivity contribution < 1.29 is 19.1 Å². The summed E-state index contributed by atoms with van der Waals surface area (Å²) in [6, 6.07) is 15.6. The van der Waals surface area contributed by atoms with E-state index in [2.05, 4.69) is 45.0 Å². The van der Waals surface area contributed by atoms with Gasteiger partial charge in [-0.2, -0.15) is 0 Å². The van der Waals surface area contributed by atoms with Crippen molar-refractivity contribution in [1.82, 2.24) is 4.90 Å². The highest BCUT2D eigenvalue weighted by Gasteiger charge is 2.63. The third kappa shape index (κ3) is 3.68. The lowest BCUT2D eigenvalue weighted by atomic mass is 9.55. The highest BCUT2D eigenvalue weighted by Crippen LogP contribution is 2.61. The van der Waals surface area contributed by atoms with Gasteiger partial charge >= 0.3 is 5.97 Å². The average molecular weight is 514 g/mol. The molecule has 2 aromatic carbocycles. The fourth-order valence-corrected chi connectivity index (χ4v) is 8.12. The first-order valence-electron chi connectivity index (χ1n) is 14.5. The SMILES string of the molecule is CC1CCC(C(C)C)C(OC(=O)C(C(C)C)N2C(=O)C3C4c5ccccc5C(c5ccccc54)C3C2=O)C1. The van der Waals surface area contributed by atoms with Gasteiger partial charge in [0.25, 0.3) is 0 Å². The Morgan fingerprint density at radius 1 is 0.816 bits per heavy atom. The summed E-state index contributed by atoms with van der Waals surface area (Å²) in [5.74, 6) is -1.21. The van der Waals surface area contributed by atoms with Gasteiger partial charge in [-0.25, -0.2) is 4.79 Å². The molecule has 1 heterocycles. The quantitative estimate of drug-likeness (QED) is 0.368. The van der Waals surface area contributed by atoms with Crippen LogP contribution < -0.4 is 0 Å². The minimum Gasteiger partial charge on any atom is -0.461 e. The summed E-state index contributed by atoms with van der Waals surface area (Å²) in [6.07, 6.45) is 2.84. The third-order valence-corrected chi connectivity index (χ3v) is 9.86. The molecule has 2 aromatic rings. The van der Waals surface area contributed by atoms with Crippen LogP contribution in [0, 0.1) is 35.5 Å².